The van der Waals surface area contributed by atoms with Crippen LogP contribution in [-0.2, 0) is 14.4 Å². The van der Waals surface area contributed by atoms with Crippen LogP contribution in [0.3, 0.4) is 0 Å². The van der Waals surface area contributed by atoms with Gasteiger partial charge in [0.2, 0.25) is 0 Å². The van der Waals surface area contributed by atoms with Gasteiger partial charge in [0.25, 0.3) is 17.1 Å². The number of hydroxylamine groups is 1. The molecule has 1 atom stereocenters. The van der Waals surface area contributed by atoms with Crippen LogP contribution < -0.4 is 5.48 Å². The van der Waals surface area contributed by atoms with Crippen molar-refractivity contribution in [2.75, 3.05) is 6.61 Å². The van der Waals surface area contributed by atoms with Crippen LogP contribution in [0, 0.1) is 0 Å². The minimum Gasteiger partial charge on any atom is -0.270 e. The molecule has 6 nitrogen and oxygen atoms in total. The average Bonchev–Trinajstić information content (AvgIpc) is 2.73. The van der Waals surface area contributed by atoms with Crippen LogP contribution in [0.2, 0.25) is 0 Å². The summed E-state index contributed by atoms with van der Waals surface area (Å²) in [5.74, 6) is -0.971. The summed E-state index contributed by atoms with van der Waals surface area (Å²) in [7, 11) is 0. The second kappa shape index (κ2) is 8.63. The molecule has 3 amide bonds. The van der Waals surface area contributed by atoms with Crippen LogP contribution >= 0.6 is 11.8 Å². The highest BCUT2D eigenvalue weighted by molar-refractivity contribution is 8.18. The van der Waals surface area contributed by atoms with Crippen molar-refractivity contribution in [2.45, 2.75) is 39.2 Å². The van der Waals surface area contributed by atoms with Crippen molar-refractivity contribution in [1.82, 2.24) is 10.4 Å². The first-order valence-corrected chi connectivity index (χ1v) is 7.62. The second-order valence-corrected chi connectivity index (χ2v) is 5.49. The Bertz CT molecular complexity index is 462. The van der Waals surface area contributed by atoms with Gasteiger partial charge in [0.15, 0.2) is 0 Å². The molecule has 0 aromatic heterocycles. The molecular formula is C14H20N2O4S. The van der Waals surface area contributed by atoms with Gasteiger partial charge in [-0.15, -0.1) is 6.58 Å². The lowest BCUT2D eigenvalue weighted by Gasteiger charge is -2.20. The Kier molecular flexibility index (Phi) is 7.18. The van der Waals surface area contributed by atoms with Gasteiger partial charge < -0.3 is 0 Å². The molecule has 0 radical (unpaired) electrons. The van der Waals surface area contributed by atoms with Crippen LogP contribution in [-0.4, -0.2) is 34.6 Å². The fourth-order valence-corrected chi connectivity index (χ4v) is 2.58. The van der Waals surface area contributed by atoms with Gasteiger partial charge in [-0.05, 0) is 25.1 Å². The fourth-order valence-electron chi connectivity index (χ4n) is 1.66. The van der Waals surface area contributed by atoms with Crippen LogP contribution in [0.15, 0.2) is 23.6 Å². The summed E-state index contributed by atoms with van der Waals surface area (Å²) in [5, 5.41) is -0.436. The standard InChI is InChI=1S/C14H20N2O4S/c1-4-6-7-8-11-13(18)16(14(19)21-11)10(3)12(17)15-20-9-5-2/h5,8,10H,2,4,6-7,9H2,1,3H3,(H,15,17)/b11-8-. The number of hydrogen-bond acceptors (Lipinski definition) is 5. The van der Waals surface area contributed by atoms with Crippen molar-refractivity contribution >= 4 is 28.8 Å². The smallest absolute Gasteiger partial charge is 0.270 e. The van der Waals surface area contributed by atoms with E-state index in [4.69, 9.17) is 4.84 Å². The van der Waals surface area contributed by atoms with E-state index in [1.807, 2.05) is 0 Å². The molecule has 7 heteroatoms. The van der Waals surface area contributed by atoms with E-state index in [9.17, 15) is 14.4 Å². The van der Waals surface area contributed by atoms with Crippen molar-refractivity contribution in [1.29, 1.82) is 0 Å². The molecule has 1 aliphatic rings. The zero-order chi connectivity index (χ0) is 15.8. The van der Waals surface area contributed by atoms with Gasteiger partial charge >= 0.3 is 0 Å². The van der Waals surface area contributed by atoms with Crippen LogP contribution in [0.1, 0.15) is 33.1 Å². The SMILES string of the molecule is C=CCONC(=O)C(C)N1C(=O)S/C(=C\CCCC)C1=O. The van der Waals surface area contributed by atoms with Crippen molar-refractivity contribution in [3.05, 3.63) is 23.6 Å². The molecular weight excluding hydrogens is 292 g/mol. The third kappa shape index (κ3) is 4.71. The number of unbranched alkanes of at least 4 members (excludes halogenated alkanes) is 2. The Morgan fingerprint density at radius 3 is 2.86 bits per heavy atom. The number of nitrogens with one attached hydrogen (secondary N) is 1. The number of rotatable bonds is 8. The molecule has 1 heterocycles. The Morgan fingerprint density at radius 1 is 1.52 bits per heavy atom. The number of nitrogens with zero attached hydrogens (tertiary/aromatic N) is 1. The summed E-state index contributed by atoms with van der Waals surface area (Å²) in [6, 6.07) is -0.917. The molecule has 1 N–H and O–H groups in total. The summed E-state index contributed by atoms with van der Waals surface area (Å²) in [6.45, 7) is 7.13. The predicted molar refractivity (Wildman–Crippen MR) is 81.2 cm³/mol. The average molecular weight is 312 g/mol. The fraction of sp³-hybridized carbons (Fsp3) is 0.500. The molecule has 0 spiro atoms. The maximum Gasteiger partial charge on any atom is 0.294 e. The van der Waals surface area contributed by atoms with Gasteiger partial charge in [-0.25, -0.2) is 5.48 Å². The lowest BCUT2D eigenvalue weighted by atomic mass is 10.2. The minimum atomic E-state index is -0.917. The molecule has 1 aliphatic heterocycles. The first-order valence-electron chi connectivity index (χ1n) is 6.81. The third-order valence-electron chi connectivity index (χ3n) is 2.85. The topological polar surface area (TPSA) is 75.7 Å². The molecule has 0 saturated carbocycles. The maximum absolute atomic E-state index is 12.2. The first kappa shape index (κ1) is 17.5. The Labute approximate surface area is 128 Å². The largest absolute Gasteiger partial charge is 0.294 e. The van der Waals surface area contributed by atoms with E-state index in [2.05, 4.69) is 19.0 Å². The number of thioether (sulfide) groups is 1. The zero-order valence-corrected chi connectivity index (χ0v) is 13.1. The maximum atomic E-state index is 12.2. The van der Waals surface area contributed by atoms with Crippen molar-refractivity contribution < 1.29 is 19.2 Å². The van der Waals surface area contributed by atoms with Crippen molar-refractivity contribution in [3.8, 4) is 0 Å². The number of imide groups is 1. The summed E-state index contributed by atoms with van der Waals surface area (Å²) in [5.41, 5.74) is 2.18. The van der Waals surface area contributed by atoms with Gasteiger partial charge in [-0.2, -0.15) is 0 Å². The monoisotopic (exact) mass is 312 g/mol. The molecule has 0 aromatic carbocycles. The zero-order valence-electron chi connectivity index (χ0n) is 12.3. The number of carbonyl (C=O) groups is 3. The predicted octanol–water partition coefficient (Wildman–Crippen LogP) is 2.38. The highest BCUT2D eigenvalue weighted by atomic mass is 32.2. The highest BCUT2D eigenvalue weighted by Crippen LogP contribution is 2.32. The molecule has 1 fully saturated rings. The van der Waals surface area contributed by atoms with Crippen LogP contribution in [0.25, 0.3) is 0 Å². The van der Waals surface area contributed by atoms with E-state index >= 15 is 0 Å². The molecule has 1 saturated heterocycles. The number of allylic oxidation sites excluding steroid dienone is 1. The van der Waals surface area contributed by atoms with Gasteiger partial charge in [0.1, 0.15) is 6.04 Å². The summed E-state index contributed by atoms with van der Waals surface area (Å²) < 4.78 is 0. The van der Waals surface area contributed by atoms with Gasteiger partial charge in [0, 0.05) is 0 Å². The molecule has 1 rings (SSSR count). The number of hydrogen-bond donors (Lipinski definition) is 1. The lowest BCUT2D eigenvalue weighted by Crippen LogP contribution is -2.47. The normalized spacial score (nSPS) is 18.2. The molecule has 0 aliphatic carbocycles. The van der Waals surface area contributed by atoms with Gasteiger partial charge in [0.05, 0.1) is 11.5 Å². The van der Waals surface area contributed by atoms with E-state index in [0.717, 1.165) is 35.9 Å². The minimum absolute atomic E-state index is 0.150. The quantitative estimate of drug-likeness (QED) is 0.322. The number of amides is 3. The molecule has 116 valence electrons. The van der Waals surface area contributed by atoms with E-state index in [0.29, 0.717) is 4.91 Å². The van der Waals surface area contributed by atoms with E-state index in [1.54, 1.807) is 6.08 Å². The number of carbonyl (C=O) groups excluding carboxylic acids is 3. The Balaban J connectivity index is 2.67. The molecule has 1 unspecified atom stereocenters. The summed E-state index contributed by atoms with van der Waals surface area (Å²) in [4.78, 5) is 42.0. The Hall–Kier alpha value is -1.60. The van der Waals surface area contributed by atoms with E-state index < -0.39 is 23.1 Å². The summed E-state index contributed by atoms with van der Waals surface area (Å²) >= 11 is 0.868. The lowest BCUT2D eigenvalue weighted by molar-refractivity contribution is -0.140. The van der Waals surface area contributed by atoms with Crippen LogP contribution in [0.5, 0.6) is 0 Å². The Morgan fingerprint density at radius 2 is 2.24 bits per heavy atom. The molecule has 0 bridgehead atoms. The second-order valence-electron chi connectivity index (χ2n) is 4.50. The third-order valence-corrected chi connectivity index (χ3v) is 3.78. The van der Waals surface area contributed by atoms with Gasteiger partial charge in [-0.3, -0.25) is 24.1 Å². The molecule has 21 heavy (non-hydrogen) atoms. The van der Waals surface area contributed by atoms with E-state index in [-0.39, 0.29) is 6.61 Å². The first-order chi connectivity index (χ1) is 10.0. The molecule has 0 aromatic rings. The van der Waals surface area contributed by atoms with Gasteiger partial charge in [-0.1, -0.05) is 31.9 Å². The highest BCUT2D eigenvalue weighted by Gasteiger charge is 2.40. The van der Waals surface area contributed by atoms with Crippen molar-refractivity contribution in [3.63, 3.8) is 0 Å². The van der Waals surface area contributed by atoms with Crippen molar-refractivity contribution in [2.24, 2.45) is 0 Å². The summed E-state index contributed by atoms with van der Waals surface area (Å²) in [6.07, 6.45) is 5.94. The van der Waals surface area contributed by atoms with Crippen LogP contribution in [0.4, 0.5) is 4.79 Å². The van der Waals surface area contributed by atoms with E-state index in [1.165, 1.54) is 13.0 Å².